The van der Waals surface area contributed by atoms with Crippen molar-refractivity contribution in [2.24, 2.45) is 0 Å². The van der Waals surface area contributed by atoms with E-state index in [1.165, 1.54) is 18.7 Å². The lowest BCUT2D eigenvalue weighted by molar-refractivity contribution is -0.135. The second kappa shape index (κ2) is 22.8. The summed E-state index contributed by atoms with van der Waals surface area (Å²) in [5.74, 6) is -2.14. The minimum atomic E-state index is -3.77. The number of likely N-dealkylation sites (tertiary alicyclic amines) is 2. The summed E-state index contributed by atoms with van der Waals surface area (Å²) in [7, 11) is -3.77. The molecular weight excluding hydrogens is 888 g/mol. The number of rotatable bonds is 16. The lowest BCUT2D eigenvalue weighted by Gasteiger charge is -2.35. The van der Waals surface area contributed by atoms with Crippen molar-refractivity contribution in [1.29, 1.82) is 0 Å². The van der Waals surface area contributed by atoms with Crippen LogP contribution in [0.15, 0.2) is 140 Å². The molecule has 6 amide bonds. The third-order valence-corrected chi connectivity index (χ3v) is 15.3. The molecule has 0 saturated carbocycles. The maximum Gasteiger partial charge on any atom is 0.410 e. The Labute approximate surface area is 395 Å². The molecule has 7 rings (SSSR count). The van der Waals surface area contributed by atoms with Gasteiger partial charge in [0.25, 0.3) is 0 Å². The van der Waals surface area contributed by atoms with Crippen LogP contribution in [0.4, 0.5) is 25.8 Å². The van der Waals surface area contributed by atoms with E-state index in [1.54, 1.807) is 53.4 Å². The van der Waals surface area contributed by atoms with Crippen LogP contribution >= 0.6 is 7.14 Å². The molecule has 2 aliphatic heterocycles. The van der Waals surface area contributed by atoms with E-state index in [9.17, 15) is 28.8 Å². The van der Waals surface area contributed by atoms with Gasteiger partial charge in [0, 0.05) is 35.1 Å². The van der Waals surface area contributed by atoms with Gasteiger partial charge in [0.2, 0.25) is 17.7 Å². The molecule has 2 aliphatic rings. The van der Waals surface area contributed by atoms with Gasteiger partial charge in [-0.25, -0.2) is 14.4 Å². The smallest absolute Gasteiger partial charge is 0.410 e. The number of alkyl carbamates (subject to hydrolysis) is 2. The van der Waals surface area contributed by atoms with Crippen LogP contribution in [0.25, 0.3) is 0 Å². The summed E-state index contributed by atoms with van der Waals surface area (Å²) in [6.07, 6.45) is -0.135. The van der Waals surface area contributed by atoms with E-state index >= 15 is 4.57 Å². The van der Waals surface area contributed by atoms with E-state index < -0.39 is 61.1 Å². The molecule has 16 nitrogen and oxygen atoms in total. The number of benzene rings is 5. The lowest BCUT2D eigenvalue weighted by atomic mass is 10.2. The van der Waals surface area contributed by atoms with E-state index in [1.807, 2.05) is 91.0 Å². The highest BCUT2D eigenvalue weighted by molar-refractivity contribution is 7.79. The van der Waals surface area contributed by atoms with Crippen molar-refractivity contribution in [2.75, 3.05) is 23.7 Å². The number of nitrogens with zero attached hydrogens (tertiary/aromatic N) is 2. The van der Waals surface area contributed by atoms with Crippen molar-refractivity contribution in [3.63, 3.8) is 0 Å². The van der Waals surface area contributed by atoms with Crippen molar-refractivity contribution in [1.82, 2.24) is 20.4 Å². The van der Waals surface area contributed by atoms with E-state index in [0.29, 0.717) is 60.8 Å². The first kappa shape index (κ1) is 48.5. The van der Waals surface area contributed by atoms with Crippen LogP contribution in [0.1, 0.15) is 56.2 Å². The van der Waals surface area contributed by atoms with E-state index in [4.69, 9.17) is 14.2 Å². The first-order chi connectivity index (χ1) is 32.9. The number of ether oxygens (including phenoxy) is 3. The number of anilines is 2. The van der Waals surface area contributed by atoms with Gasteiger partial charge in [0.1, 0.15) is 37.9 Å². The van der Waals surface area contributed by atoms with E-state index in [-0.39, 0.29) is 25.7 Å². The molecule has 0 spiro atoms. The molecule has 0 aromatic heterocycles. The van der Waals surface area contributed by atoms with Gasteiger partial charge in [-0.3, -0.25) is 19.3 Å². The van der Waals surface area contributed by atoms with Gasteiger partial charge in [-0.05, 0) is 105 Å². The average molecular weight is 943 g/mol. The molecule has 1 unspecified atom stereocenters. The third kappa shape index (κ3) is 12.3. The summed E-state index contributed by atoms with van der Waals surface area (Å²) in [5, 5.41) is 11.4. The summed E-state index contributed by atoms with van der Waals surface area (Å²) in [4.78, 5) is 82.4. The third-order valence-electron chi connectivity index (χ3n) is 11.8. The predicted molar refractivity (Wildman–Crippen MR) is 257 cm³/mol. The quantitative estimate of drug-likeness (QED) is 0.0577. The monoisotopic (exact) mass is 942 g/mol. The molecule has 5 aromatic rings. The molecule has 5 aromatic carbocycles. The first-order valence-electron chi connectivity index (χ1n) is 22.5. The number of nitrogens with one attached hydrogen (secondary N) is 4. The zero-order valence-corrected chi connectivity index (χ0v) is 38.8. The summed E-state index contributed by atoms with van der Waals surface area (Å²) in [6, 6.07) is 37.8. The van der Waals surface area contributed by atoms with Crippen molar-refractivity contribution in [3.05, 3.63) is 156 Å². The number of carbonyl (C=O) groups is 6. The number of amides is 6. The highest BCUT2D eigenvalue weighted by Gasteiger charge is 2.48. The number of carbonyl (C=O) groups excluding carboxylic acids is 6. The molecule has 17 heteroatoms. The molecule has 0 aliphatic carbocycles. The average Bonchev–Trinajstić information content (AvgIpc) is 4.07. The highest BCUT2D eigenvalue weighted by Crippen LogP contribution is 2.54. The Balaban J connectivity index is 1.07. The van der Waals surface area contributed by atoms with Crippen LogP contribution in [0, 0.1) is 0 Å². The molecule has 68 heavy (non-hydrogen) atoms. The van der Waals surface area contributed by atoms with Crippen LogP contribution in [-0.4, -0.2) is 82.8 Å². The van der Waals surface area contributed by atoms with Crippen molar-refractivity contribution in [2.45, 2.75) is 83.3 Å². The maximum absolute atomic E-state index is 16.1. The van der Waals surface area contributed by atoms with Crippen molar-refractivity contribution < 1.29 is 47.5 Å². The molecular formula is C51H55N6O10P. The molecule has 354 valence electrons. The minimum Gasteiger partial charge on any atom is -0.445 e. The van der Waals surface area contributed by atoms with E-state index in [0.717, 1.165) is 16.7 Å². The Kier molecular flexibility index (Phi) is 16.3. The van der Waals surface area contributed by atoms with Gasteiger partial charge in [0.05, 0.1) is 5.78 Å². The van der Waals surface area contributed by atoms with Gasteiger partial charge < -0.3 is 44.9 Å². The number of hydrogen-bond acceptors (Lipinski definition) is 10. The second-order valence-electron chi connectivity index (χ2n) is 16.6. The zero-order chi connectivity index (χ0) is 48.0. The Morgan fingerprint density at radius 2 is 0.941 bits per heavy atom. The molecule has 2 fully saturated rings. The molecule has 4 N–H and O–H groups in total. The van der Waals surface area contributed by atoms with Crippen LogP contribution in [0.2, 0.25) is 0 Å². The Morgan fingerprint density at radius 3 is 1.38 bits per heavy atom. The topological polar surface area (TPSA) is 202 Å². The largest absolute Gasteiger partial charge is 0.445 e. The van der Waals surface area contributed by atoms with Crippen molar-refractivity contribution in [3.8, 4) is 0 Å². The van der Waals surface area contributed by atoms with Crippen LogP contribution in [0.5, 0.6) is 0 Å². The summed E-state index contributed by atoms with van der Waals surface area (Å²) in [6.45, 7) is 3.82. The molecule has 0 radical (unpaired) electrons. The van der Waals surface area contributed by atoms with Gasteiger partial charge in [-0.2, -0.15) is 0 Å². The minimum absolute atomic E-state index is 0.0364. The summed E-state index contributed by atoms with van der Waals surface area (Å²) in [5.41, 5.74) is 3.15. The molecule has 2 heterocycles. The van der Waals surface area contributed by atoms with Crippen LogP contribution in [-0.2, 0) is 53.0 Å². The lowest BCUT2D eigenvalue weighted by Crippen LogP contribution is -2.50. The first-order valence-corrected chi connectivity index (χ1v) is 24.3. The van der Waals surface area contributed by atoms with Crippen LogP contribution in [0.3, 0.4) is 0 Å². The van der Waals surface area contributed by atoms with Gasteiger partial charge in [0.15, 0.2) is 7.14 Å². The maximum atomic E-state index is 16.1. The fourth-order valence-electron chi connectivity index (χ4n) is 8.16. The van der Waals surface area contributed by atoms with E-state index in [2.05, 4.69) is 21.3 Å². The fraction of sp³-hybridized carbons (Fsp3) is 0.294. The Bertz CT molecular complexity index is 2460. The Morgan fingerprint density at radius 1 is 0.544 bits per heavy atom. The standard InChI is InChI=1S/C51H55N6O10P/c1-35(52-49(61)65-32-37-14-6-3-7-15-37)46(58)54-40-22-26-42(27-23-40)68(64,43-28-24-41(25-29-43)55-47(59)36(2)53-50(62)66-33-38-16-8-4-9-17-38)45-21-13-31-57(45)48(60)44-20-12-30-56(44)51(63)67-34-39-18-10-5-11-19-39/h3-11,14-19,22-29,35-36,44-45H,12-13,20-21,30-34H2,1-2H3,(H,52,61)(H,53,62)(H,54,58)(H,55,59)/t35-,36-,44-,45?/m0/s1. The summed E-state index contributed by atoms with van der Waals surface area (Å²) >= 11 is 0. The predicted octanol–water partition coefficient (Wildman–Crippen LogP) is 7.26. The summed E-state index contributed by atoms with van der Waals surface area (Å²) < 4.78 is 32.2. The highest BCUT2D eigenvalue weighted by atomic mass is 31.2. The van der Waals surface area contributed by atoms with Crippen molar-refractivity contribution >= 4 is 65.1 Å². The van der Waals surface area contributed by atoms with Gasteiger partial charge in [-0.1, -0.05) is 91.0 Å². The molecule has 2 saturated heterocycles. The van der Waals surface area contributed by atoms with Crippen LogP contribution < -0.4 is 31.9 Å². The second-order valence-corrected chi connectivity index (χ2v) is 19.6. The Hall–Kier alpha value is -7.45. The molecule has 4 atom stereocenters. The molecule has 0 bridgehead atoms. The SMILES string of the molecule is C[C@H](NC(=O)OCc1ccccc1)C(=O)Nc1ccc(P(=O)(c2ccc(NC(=O)[C@H](C)NC(=O)OCc3ccccc3)cc2)C2CCCN2C(=O)[C@@H]2CCCN2C(=O)OCc2ccccc2)cc1. The van der Waals surface area contributed by atoms with Gasteiger partial charge >= 0.3 is 18.3 Å². The number of hydrogen-bond donors (Lipinski definition) is 4. The van der Waals surface area contributed by atoms with Gasteiger partial charge in [-0.15, -0.1) is 0 Å². The fourth-order valence-corrected chi connectivity index (χ4v) is 11.5. The zero-order valence-electron chi connectivity index (χ0n) is 37.9. The normalized spacial score (nSPS) is 16.4.